The highest BCUT2D eigenvalue weighted by molar-refractivity contribution is 5.74. The Morgan fingerprint density at radius 3 is 2.81 bits per heavy atom. The van der Waals surface area contributed by atoms with E-state index in [0.29, 0.717) is 13.0 Å². The van der Waals surface area contributed by atoms with Crippen LogP contribution in [-0.4, -0.2) is 38.4 Å². The summed E-state index contributed by atoms with van der Waals surface area (Å²) in [6, 6.07) is 16.2. The summed E-state index contributed by atoms with van der Waals surface area (Å²) in [5.74, 6) is 0. The Kier molecular flexibility index (Phi) is 4.48. The zero-order valence-electron chi connectivity index (χ0n) is 14.9. The Morgan fingerprint density at radius 2 is 1.96 bits per heavy atom. The van der Waals surface area contributed by atoms with Gasteiger partial charge in [-0.2, -0.15) is 5.10 Å². The van der Waals surface area contributed by atoms with Crippen molar-refractivity contribution in [3.63, 3.8) is 0 Å². The number of carbonyl (C=O) groups excluding carboxylic acids is 1. The summed E-state index contributed by atoms with van der Waals surface area (Å²) in [4.78, 5) is 14.4. The number of urea groups is 1. The Morgan fingerprint density at radius 1 is 1.12 bits per heavy atom. The molecule has 0 fully saturated rings. The Balaban J connectivity index is 1.31. The molecule has 2 amide bonds. The van der Waals surface area contributed by atoms with Gasteiger partial charge in [-0.05, 0) is 37.3 Å². The second-order valence-electron chi connectivity index (χ2n) is 6.56. The third-order valence-corrected chi connectivity index (χ3v) is 4.93. The van der Waals surface area contributed by atoms with Crippen LogP contribution in [0.2, 0.25) is 0 Å². The van der Waals surface area contributed by atoms with E-state index < -0.39 is 0 Å². The van der Waals surface area contributed by atoms with Crippen molar-refractivity contribution in [2.75, 3.05) is 13.1 Å². The Labute approximate surface area is 153 Å². The van der Waals surface area contributed by atoms with Crippen molar-refractivity contribution >= 4 is 6.03 Å². The normalized spacial score (nSPS) is 16.3. The van der Waals surface area contributed by atoms with Gasteiger partial charge < -0.3 is 14.8 Å². The molecule has 0 saturated heterocycles. The van der Waals surface area contributed by atoms with Crippen molar-refractivity contribution < 1.29 is 4.79 Å². The molecule has 6 heteroatoms. The van der Waals surface area contributed by atoms with Gasteiger partial charge in [0.2, 0.25) is 0 Å². The molecule has 4 rings (SSSR count). The lowest BCUT2D eigenvalue weighted by atomic mass is 10.1. The first-order chi connectivity index (χ1) is 12.7. The molecule has 1 atom stereocenters. The van der Waals surface area contributed by atoms with Gasteiger partial charge in [-0.15, -0.1) is 0 Å². The third kappa shape index (κ3) is 3.22. The molecule has 3 heterocycles. The predicted octanol–water partition coefficient (Wildman–Crippen LogP) is 3.00. The number of carbonyl (C=O) groups is 1. The first-order valence-corrected chi connectivity index (χ1v) is 9.02. The number of hydrogen-bond acceptors (Lipinski definition) is 2. The van der Waals surface area contributed by atoms with Crippen molar-refractivity contribution in [1.82, 2.24) is 24.6 Å². The minimum atomic E-state index is -0.00700. The quantitative estimate of drug-likeness (QED) is 0.787. The van der Waals surface area contributed by atoms with Crippen LogP contribution in [0.5, 0.6) is 0 Å². The monoisotopic (exact) mass is 349 g/mol. The van der Waals surface area contributed by atoms with Crippen molar-refractivity contribution in [2.45, 2.75) is 25.9 Å². The number of benzene rings is 1. The zero-order chi connectivity index (χ0) is 17.9. The van der Waals surface area contributed by atoms with Gasteiger partial charge in [0.15, 0.2) is 0 Å². The van der Waals surface area contributed by atoms with Gasteiger partial charge in [0.05, 0.1) is 17.4 Å². The lowest BCUT2D eigenvalue weighted by Crippen LogP contribution is -2.46. The van der Waals surface area contributed by atoms with Gasteiger partial charge in [-0.3, -0.25) is 0 Å². The zero-order valence-corrected chi connectivity index (χ0v) is 14.9. The number of nitrogens with zero attached hydrogens (tertiary/aromatic N) is 4. The van der Waals surface area contributed by atoms with Crippen LogP contribution in [0.4, 0.5) is 4.79 Å². The van der Waals surface area contributed by atoms with E-state index in [1.54, 1.807) is 0 Å². The molecule has 1 N–H and O–H groups in total. The highest BCUT2D eigenvalue weighted by Crippen LogP contribution is 2.25. The van der Waals surface area contributed by atoms with E-state index in [2.05, 4.69) is 34.2 Å². The maximum Gasteiger partial charge on any atom is 0.318 e. The molecule has 6 nitrogen and oxygen atoms in total. The molecular formula is C20H23N5O. The van der Waals surface area contributed by atoms with Crippen molar-refractivity contribution in [3.05, 3.63) is 72.3 Å². The van der Waals surface area contributed by atoms with Gasteiger partial charge in [-0.25, -0.2) is 9.48 Å². The highest BCUT2D eigenvalue weighted by Gasteiger charge is 2.26. The number of hydrogen-bond donors (Lipinski definition) is 1. The van der Waals surface area contributed by atoms with Crippen LogP contribution < -0.4 is 5.32 Å². The first-order valence-electron chi connectivity index (χ1n) is 9.02. The number of rotatable bonds is 4. The van der Waals surface area contributed by atoms with Crippen molar-refractivity contribution in [2.24, 2.45) is 0 Å². The van der Waals surface area contributed by atoms with E-state index in [1.807, 2.05) is 58.2 Å². The molecule has 0 radical (unpaired) electrons. The number of fused-ring (bicyclic) bond motifs is 1. The van der Waals surface area contributed by atoms with Gasteiger partial charge in [0, 0.05) is 44.1 Å². The molecule has 0 spiro atoms. The van der Waals surface area contributed by atoms with Gasteiger partial charge in [-0.1, -0.05) is 18.2 Å². The lowest BCUT2D eigenvalue weighted by molar-refractivity contribution is 0.162. The lowest BCUT2D eigenvalue weighted by Gasteiger charge is -2.34. The molecule has 134 valence electrons. The number of nitrogens with one attached hydrogen (secondary N) is 1. The fourth-order valence-electron chi connectivity index (χ4n) is 3.47. The topological polar surface area (TPSA) is 55.1 Å². The molecule has 2 aromatic heterocycles. The SMILES string of the molecule is CC1c2cccn2CCN1C(=O)NCCc1ccn(-c2ccccc2)n1. The standard InChI is InChI=1S/C20H23N5O/c1-16-19-8-5-12-23(19)14-15-24(16)20(26)21-11-9-17-10-13-25(22-17)18-6-3-2-4-7-18/h2-8,10,12-13,16H,9,11,14-15H2,1H3,(H,21,26). The maximum absolute atomic E-state index is 12.5. The summed E-state index contributed by atoms with van der Waals surface area (Å²) in [5, 5.41) is 7.61. The average Bonchev–Trinajstić information content (AvgIpc) is 3.32. The van der Waals surface area contributed by atoms with Crippen molar-refractivity contribution in [3.8, 4) is 5.69 Å². The van der Waals surface area contributed by atoms with Crippen LogP contribution in [0.3, 0.4) is 0 Å². The van der Waals surface area contributed by atoms with Crippen LogP contribution in [0.1, 0.15) is 24.4 Å². The number of amides is 2. The van der Waals surface area contributed by atoms with Crippen LogP contribution >= 0.6 is 0 Å². The summed E-state index contributed by atoms with van der Waals surface area (Å²) in [5.41, 5.74) is 3.19. The third-order valence-electron chi connectivity index (χ3n) is 4.93. The van der Waals surface area contributed by atoms with E-state index in [-0.39, 0.29) is 12.1 Å². The van der Waals surface area contributed by atoms with E-state index in [9.17, 15) is 4.79 Å². The van der Waals surface area contributed by atoms with Crippen LogP contribution in [0, 0.1) is 0 Å². The van der Waals surface area contributed by atoms with E-state index in [0.717, 1.165) is 24.5 Å². The number of para-hydroxylation sites is 1. The molecule has 26 heavy (non-hydrogen) atoms. The molecule has 1 aromatic carbocycles. The van der Waals surface area contributed by atoms with Crippen LogP contribution in [0.15, 0.2) is 60.9 Å². The number of aromatic nitrogens is 3. The fourth-order valence-corrected chi connectivity index (χ4v) is 3.47. The molecule has 1 aliphatic rings. The summed E-state index contributed by atoms with van der Waals surface area (Å²) in [6.45, 7) is 4.24. The van der Waals surface area contributed by atoms with Gasteiger partial charge in [0.1, 0.15) is 0 Å². The predicted molar refractivity (Wildman–Crippen MR) is 100 cm³/mol. The highest BCUT2D eigenvalue weighted by atomic mass is 16.2. The van der Waals surface area contributed by atoms with Crippen LogP contribution in [0.25, 0.3) is 5.69 Å². The van der Waals surface area contributed by atoms with Gasteiger partial charge in [0.25, 0.3) is 0 Å². The first kappa shape index (κ1) is 16.4. The summed E-state index contributed by atoms with van der Waals surface area (Å²) in [7, 11) is 0. The van der Waals surface area contributed by atoms with Gasteiger partial charge >= 0.3 is 6.03 Å². The maximum atomic E-state index is 12.5. The summed E-state index contributed by atoms with van der Waals surface area (Å²) in [6.07, 6.45) is 4.74. The van der Waals surface area contributed by atoms with Crippen molar-refractivity contribution in [1.29, 1.82) is 0 Å². The molecule has 3 aromatic rings. The molecule has 1 unspecified atom stereocenters. The van der Waals surface area contributed by atoms with E-state index >= 15 is 0 Å². The minimum absolute atomic E-state index is 0.00700. The minimum Gasteiger partial charge on any atom is -0.348 e. The second-order valence-corrected chi connectivity index (χ2v) is 6.56. The molecule has 1 aliphatic heterocycles. The summed E-state index contributed by atoms with van der Waals surface area (Å²) >= 11 is 0. The smallest absolute Gasteiger partial charge is 0.318 e. The second kappa shape index (κ2) is 7.07. The average molecular weight is 349 g/mol. The molecule has 0 bridgehead atoms. The summed E-state index contributed by atoms with van der Waals surface area (Å²) < 4.78 is 4.07. The van der Waals surface area contributed by atoms with Crippen LogP contribution in [-0.2, 0) is 13.0 Å². The molecular weight excluding hydrogens is 326 g/mol. The Bertz CT molecular complexity index is 883. The van der Waals surface area contributed by atoms with E-state index in [1.165, 1.54) is 5.69 Å². The molecule has 0 aliphatic carbocycles. The van der Waals surface area contributed by atoms with E-state index in [4.69, 9.17) is 0 Å². The fraction of sp³-hybridized carbons (Fsp3) is 0.300. The largest absolute Gasteiger partial charge is 0.348 e. The molecule has 0 saturated carbocycles. The Hall–Kier alpha value is -3.02.